The molecule has 4 aliphatic rings. The zero-order valence-electron chi connectivity index (χ0n) is 14.0. The normalized spacial score (nSPS) is 31.1. The zero-order valence-corrected chi connectivity index (χ0v) is 14.0. The topological polar surface area (TPSA) is 58.4 Å². The first kappa shape index (κ1) is 14.3. The van der Waals surface area contributed by atoms with Crippen molar-refractivity contribution in [3.8, 4) is 0 Å². The van der Waals surface area contributed by atoms with Crippen molar-refractivity contribution in [2.24, 2.45) is 23.7 Å². The highest BCUT2D eigenvalue weighted by atomic mass is 16.4. The molecule has 0 radical (unpaired) electrons. The van der Waals surface area contributed by atoms with Crippen LogP contribution in [0, 0.1) is 23.7 Å². The lowest BCUT2D eigenvalue weighted by Crippen LogP contribution is -2.30. The van der Waals surface area contributed by atoms with E-state index in [1.807, 2.05) is 23.9 Å². The number of rotatable bonds is 3. The molecule has 4 bridgehead atoms. The molecule has 2 saturated carbocycles. The van der Waals surface area contributed by atoms with Gasteiger partial charge in [0.15, 0.2) is 0 Å². The Labute approximate surface area is 141 Å². The second-order valence-corrected chi connectivity index (χ2v) is 7.84. The van der Waals surface area contributed by atoms with E-state index in [2.05, 4.69) is 10.00 Å². The first-order valence-corrected chi connectivity index (χ1v) is 9.12. The van der Waals surface area contributed by atoms with E-state index in [4.69, 9.17) is 0 Å². The number of fused-ring (bicyclic) bond motifs is 3. The molecule has 1 unspecified atom stereocenters. The van der Waals surface area contributed by atoms with Gasteiger partial charge >= 0.3 is 5.97 Å². The van der Waals surface area contributed by atoms with Gasteiger partial charge in [-0.2, -0.15) is 5.10 Å². The molecule has 0 spiro atoms. The predicted octanol–water partition coefficient (Wildman–Crippen LogP) is 3.24. The highest BCUT2D eigenvalue weighted by Gasteiger charge is 2.49. The van der Waals surface area contributed by atoms with E-state index in [-0.39, 0.29) is 0 Å². The van der Waals surface area contributed by atoms with Crippen LogP contribution >= 0.6 is 0 Å². The summed E-state index contributed by atoms with van der Waals surface area (Å²) in [6, 6.07) is 3.74. The fourth-order valence-electron chi connectivity index (χ4n) is 5.55. The quantitative estimate of drug-likeness (QED) is 0.941. The second-order valence-electron chi connectivity index (χ2n) is 7.84. The summed E-state index contributed by atoms with van der Waals surface area (Å²) in [6.45, 7) is 5.03. The molecule has 2 saturated heterocycles. The minimum Gasteiger partial charge on any atom is -0.478 e. The zero-order chi connectivity index (χ0) is 16.4. The summed E-state index contributed by atoms with van der Waals surface area (Å²) in [7, 11) is 0. The molecule has 1 N–H and O–H groups in total. The lowest BCUT2D eigenvalue weighted by Gasteiger charge is -2.27. The number of benzene rings is 1. The van der Waals surface area contributed by atoms with E-state index < -0.39 is 5.97 Å². The van der Waals surface area contributed by atoms with Crippen LogP contribution in [0.15, 0.2) is 18.3 Å². The maximum atomic E-state index is 11.6. The van der Waals surface area contributed by atoms with E-state index in [9.17, 15) is 9.90 Å². The number of carbonyl (C=O) groups is 1. The minimum atomic E-state index is -0.898. The third-order valence-electron chi connectivity index (χ3n) is 6.66. The summed E-state index contributed by atoms with van der Waals surface area (Å²) in [5.41, 5.74) is 2.11. The smallest absolute Gasteiger partial charge is 0.337 e. The van der Waals surface area contributed by atoms with Gasteiger partial charge in [-0.1, -0.05) is 0 Å². The van der Waals surface area contributed by atoms with Crippen LogP contribution in [0.2, 0.25) is 0 Å². The fraction of sp³-hybridized carbons (Fsp3) is 0.579. The van der Waals surface area contributed by atoms with Crippen LogP contribution in [0.1, 0.15) is 36.5 Å². The lowest BCUT2D eigenvalue weighted by molar-refractivity contribution is 0.0699. The van der Waals surface area contributed by atoms with Gasteiger partial charge in [-0.25, -0.2) is 4.79 Å². The first-order valence-electron chi connectivity index (χ1n) is 9.12. The van der Waals surface area contributed by atoms with Gasteiger partial charge in [0.05, 0.1) is 5.56 Å². The number of aromatic nitrogens is 2. The van der Waals surface area contributed by atoms with E-state index in [0.29, 0.717) is 11.1 Å². The van der Waals surface area contributed by atoms with Gasteiger partial charge in [0.25, 0.3) is 0 Å². The third kappa shape index (κ3) is 1.93. The van der Waals surface area contributed by atoms with Crippen molar-refractivity contribution in [2.75, 3.05) is 18.0 Å². The highest BCUT2D eigenvalue weighted by molar-refractivity contribution is 6.06. The molecule has 5 nitrogen and oxygen atoms in total. The molecule has 1 aromatic carbocycles. The standard InChI is InChI=1S/C19H23N3O2/c1-2-22-10-16-17(4-3-15(19(23)24)18(16)20-22)21-8-13-6-11-5-12(13)7-14(11)9-21/h3-4,10-14H,2,5-9H2,1H3,(H,23,24)/t11-,12?,13+,14+/m0/s1. The minimum absolute atomic E-state index is 0.307. The third-order valence-corrected chi connectivity index (χ3v) is 6.66. The molecule has 2 aromatic rings. The van der Waals surface area contributed by atoms with Crippen LogP contribution in [0.4, 0.5) is 5.69 Å². The molecule has 0 amide bonds. The van der Waals surface area contributed by atoms with Crippen molar-refractivity contribution in [1.29, 1.82) is 0 Å². The molecule has 6 rings (SSSR count). The van der Waals surface area contributed by atoms with E-state index >= 15 is 0 Å². The van der Waals surface area contributed by atoms with Crippen molar-refractivity contribution < 1.29 is 9.90 Å². The maximum absolute atomic E-state index is 11.6. The molecule has 4 atom stereocenters. The van der Waals surface area contributed by atoms with Gasteiger partial charge in [-0.15, -0.1) is 0 Å². The lowest BCUT2D eigenvalue weighted by atomic mass is 9.84. The number of nitrogens with zero attached hydrogens (tertiary/aromatic N) is 3. The van der Waals surface area contributed by atoms with Crippen molar-refractivity contribution >= 4 is 22.6 Å². The highest BCUT2D eigenvalue weighted by Crippen LogP contribution is 2.54. The molecule has 5 heteroatoms. The summed E-state index contributed by atoms with van der Waals surface area (Å²) < 4.78 is 1.85. The molecule has 2 aliphatic carbocycles. The van der Waals surface area contributed by atoms with Crippen molar-refractivity contribution in [3.63, 3.8) is 0 Å². The second kappa shape index (κ2) is 4.98. The number of carboxylic acids is 1. The predicted molar refractivity (Wildman–Crippen MR) is 92.4 cm³/mol. The van der Waals surface area contributed by atoms with Crippen molar-refractivity contribution in [3.05, 3.63) is 23.9 Å². The Bertz CT molecular complexity index is 809. The van der Waals surface area contributed by atoms with Crippen LogP contribution in [-0.4, -0.2) is 33.9 Å². The fourth-order valence-corrected chi connectivity index (χ4v) is 5.55. The van der Waals surface area contributed by atoms with E-state index in [1.54, 1.807) is 6.07 Å². The van der Waals surface area contributed by atoms with Gasteiger partial charge in [-0.3, -0.25) is 4.68 Å². The van der Waals surface area contributed by atoms with E-state index in [0.717, 1.165) is 48.7 Å². The summed E-state index contributed by atoms with van der Waals surface area (Å²) in [5.74, 6) is 2.60. The Morgan fingerprint density at radius 1 is 1.17 bits per heavy atom. The average molecular weight is 325 g/mol. The number of anilines is 1. The summed E-state index contributed by atoms with van der Waals surface area (Å²) in [4.78, 5) is 14.1. The molecule has 1 aromatic heterocycles. The maximum Gasteiger partial charge on any atom is 0.337 e. The molecular formula is C19H23N3O2. The summed E-state index contributed by atoms with van der Waals surface area (Å²) in [5, 5.41) is 15.0. The number of aryl methyl sites for hydroxylation is 1. The molecule has 24 heavy (non-hydrogen) atoms. The number of carboxylic acid groups (broad SMARTS) is 1. The van der Waals surface area contributed by atoms with Crippen LogP contribution in [-0.2, 0) is 6.54 Å². The Hall–Kier alpha value is -2.04. The monoisotopic (exact) mass is 325 g/mol. The summed E-state index contributed by atoms with van der Waals surface area (Å²) >= 11 is 0. The first-order chi connectivity index (χ1) is 11.6. The van der Waals surface area contributed by atoms with Gasteiger partial charge < -0.3 is 10.0 Å². The molecule has 126 valence electrons. The van der Waals surface area contributed by atoms with Crippen LogP contribution in [0.25, 0.3) is 10.9 Å². The summed E-state index contributed by atoms with van der Waals surface area (Å²) in [6.07, 6.45) is 6.27. The number of aromatic carboxylic acids is 1. The van der Waals surface area contributed by atoms with Gasteiger partial charge in [0, 0.05) is 36.9 Å². The van der Waals surface area contributed by atoms with Crippen LogP contribution < -0.4 is 4.90 Å². The van der Waals surface area contributed by atoms with Crippen LogP contribution in [0.5, 0.6) is 0 Å². The van der Waals surface area contributed by atoms with Gasteiger partial charge in [0.2, 0.25) is 0 Å². The number of hydrogen-bond donors (Lipinski definition) is 1. The van der Waals surface area contributed by atoms with Crippen molar-refractivity contribution in [2.45, 2.75) is 32.7 Å². The molecule has 4 fully saturated rings. The average Bonchev–Trinajstić information content (AvgIpc) is 3.20. The molecule has 3 heterocycles. The Balaban J connectivity index is 1.61. The Morgan fingerprint density at radius 3 is 2.42 bits per heavy atom. The SMILES string of the molecule is CCn1cc2c(N3C[C@H]4C[C@@H]5CC4C[C@@H]5C3)ccc(C(=O)O)c2n1. The van der Waals surface area contributed by atoms with Crippen molar-refractivity contribution in [1.82, 2.24) is 9.78 Å². The van der Waals surface area contributed by atoms with Gasteiger partial charge in [0.1, 0.15) is 5.52 Å². The van der Waals surface area contributed by atoms with Gasteiger partial charge in [-0.05, 0) is 62.0 Å². The number of hydrogen-bond acceptors (Lipinski definition) is 3. The van der Waals surface area contributed by atoms with E-state index in [1.165, 1.54) is 24.9 Å². The molecular weight excluding hydrogens is 302 g/mol. The van der Waals surface area contributed by atoms with Crippen LogP contribution in [0.3, 0.4) is 0 Å². The molecule has 2 aliphatic heterocycles. The largest absolute Gasteiger partial charge is 0.478 e. The Morgan fingerprint density at radius 2 is 1.83 bits per heavy atom. The Kier molecular flexibility index (Phi) is 2.97.